The van der Waals surface area contributed by atoms with Crippen LogP contribution in [0.5, 0.6) is 5.75 Å². The second-order valence-corrected chi connectivity index (χ2v) is 7.91. The monoisotopic (exact) mass is 501 g/mol. The number of anilines is 1. The molecule has 15 heteroatoms. The van der Waals surface area contributed by atoms with Crippen LogP contribution < -0.4 is 9.64 Å². The molecule has 182 valence electrons. The Hall–Kier alpha value is -3.39. The van der Waals surface area contributed by atoms with E-state index in [0.717, 1.165) is 10.3 Å². The number of hydrogen-bond donors (Lipinski definition) is 1. The molecule has 0 spiro atoms. The van der Waals surface area contributed by atoms with Crippen LogP contribution in [0.4, 0.5) is 24.7 Å². The van der Waals surface area contributed by atoms with E-state index in [1.807, 2.05) is 4.90 Å². The zero-order valence-electron chi connectivity index (χ0n) is 17.5. The maximum Gasteiger partial charge on any atom is 0.451 e. The average Bonchev–Trinajstić information content (AvgIpc) is 3.39. The number of aliphatic hydroxyl groups excluding tert-OH is 1. The molecule has 0 fully saturated rings. The van der Waals surface area contributed by atoms with Crippen molar-refractivity contribution >= 4 is 23.1 Å². The van der Waals surface area contributed by atoms with Gasteiger partial charge in [0.1, 0.15) is 18.6 Å². The molecule has 3 aromatic rings. The smallest absolute Gasteiger partial charge is 0.451 e. The number of aryl methyl sites for hydroxylation is 1. The molecule has 1 atom stereocenters. The van der Waals surface area contributed by atoms with E-state index in [1.165, 1.54) is 10.8 Å². The lowest BCUT2D eigenvalue weighted by Crippen LogP contribution is -2.35. The van der Waals surface area contributed by atoms with Gasteiger partial charge in [-0.3, -0.25) is 4.57 Å². The summed E-state index contributed by atoms with van der Waals surface area (Å²) in [7, 11) is 0. The summed E-state index contributed by atoms with van der Waals surface area (Å²) in [6.45, 7) is 0.879. The van der Waals surface area contributed by atoms with Crippen LogP contribution in [0.2, 0.25) is 5.28 Å². The van der Waals surface area contributed by atoms with Crippen LogP contribution in [0.1, 0.15) is 18.1 Å². The first kappa shape index (κ1) is 23.8. The van der Waals surface area contributed by atoms with Crippen molar-refractivity contribution in [1.82, 2.24) is 24.3 Å². The number of benzene rings is 1. The molecule has 0 radical (unpaired) electrons. The minimum Gasteiger partial charge on any atom is -0.491 e. The highest BCUT2D eigenvalue weighted by Crippen LogP contribution is 2.31. The normalized spacial score (nSPS) is 14.7. The second kappa shape index (κ2) is 9.46. The highest BCUT2D eigenvalue weighted by atomic mass is 35.5. The Morgan fingerprint density at radius 2 is 1.97 bits per heavy atom. The van der Waals surface area contributed by atoms with Crippen LogP contribution in [-0.4, -0.2) is 53.6 Å². The Kier molecular flexibility index (Phi) is 6.61. The van der Waals surface area contributed by atoms with Gasteiger partial charge in [-0.05, 0) is 52.2 Å². The average molecular weight is 502 g/mol. The summed E-state index contributed by atoms with van der Waals surface area (Å²) < 4.78 is 47.0. The molecule has 2 aromatic heterocycles. The Morgan fingerprint density at radius 3 is 2.62 bits per heavy atom. The molecule has 1 aliphatic rings. The van der Waals surface area contributed by atoms with Crippen LogP contribution in [0.25, 0.3) is 0 Å². The van der Waals surface area contributed by atoms with Gasteiger partial charge in [-0.2, -0.15) is 13.2 Å². The SMILES string of the molecule is O=[N+]([O-])c1cn(CCC(O)COc2ccc(N3CCn4c(nnc4C(F)(F)F)C3)cc2)c(Cl)n1. The minimum absolute atomic E-state index is 0.0131. The summed E-state index contributed by atoms with van der Waals surface area (Å²) in [6, 6.07) is 6.92. The number of fused-ring (bicyclic) bond motifs is 1. The van der Waals surface area contributed by atoms with Crippen molar-refractivity contribution in [1.29, 1.82) is 0 Å². The summed E-state index contributed by atoms with van der Waals surface area (Å²) in [5.74, 6) is -0.618. The van der Waals surface area contributed by atoms with E-state index in [-0.39, 0.29) is 49.6 Å². The number of hydrogen-bond acceptors (Lipinski definition) is 8. The molecule has 3 heterocycles. The molecule has 1 aromatic carbocycles. The molecule has 34 heavy (non-hydrogen) atoms. The fraction of sp³-hybridized carbons (Fsp3) is 0.421. The molecule has 1 aliphatic heterocycles. The van der Waals surface area contributed by atoms with Gasteiger partial charge in [-0.15, -0.1) is 10.2 Å². The molecular formula is C19H19ClF3N7O4. The van der Waals surface area contributed by atoms with Gasteiger partial charge in [0, 0.05) is 25.3 Å². The zero-order valence-corrected chi connectivity index (χ0v) is 18.3. The first-order valence-corrected chi connectivity index (χ1v) is 10.5. The van der Waals surface area contributed by atoms with Crippen LogP contribution >= 0.6 is 11.6 Å². The van der Waals surface area contributed by atoms with Gasteiger partial charge < -0.3 is 29.4 Å². The molecular weight excluding hydrogens is 483 g/mol. The van der Waals surface area contributed by atoms with Crippen LogP contribution in [0.15, 0.2) is 30.5 Å². The van der Waals surface area contributed by atoms with Gasteiger partial charge in [0.05, 0.1) is 12.6 Å². The zero-order chi connectivity index (χ0) is 24.5. The lowest BCUT2D eigenvalue weighted by molar-refractivity contribution is -0.389. The van der Waals surface area contributed by atoms with E-state index in [0.29, 0.717) is 12.3 Å². The number of imidazole rings is 1. The third-order valence-corrected chi connectivity index (χ3v) is 5.56. The van der Waals surface area contributed by atoms with E-state index >= 15 is 0 Å². The molecule has 0 bridgehead atoms. The van der Waals surface area contributed by atoms with Gasteiger partial charge in [0.2, 0.25) is 5.82 Å². The van der Waals surface area contributed by atoms with Crippen molar-refractivity contribution in [3.8, 4) is 5.75 Å². The topological polar surface area (TPSA) is 124 Å². The predicted molar refractivity (Wildman–Crippen MR) is 113 cm³/mol. The standard InChI is InChI=1S/C19H19ClF3N7O4/c20-18-24-15(30(32)33)9-28(18)6-5-13(31)11-34-14-3-1-12(2-4-14)27-7-8-29-16(10-27)25-26-17(29)19(21,22)23/h1-4,9,13,31H,5-8,10-11H2. The van der Waals surface area contributed by atoms with Crippen molar-refractivity contribution in [3.05, 3.63) is 57.5 Å². The van der Waals surface area contributed by atoms with Crippen molar-refractivity contribution < 1.29 is 27.9 Å². The maximum atomic E-state index is 13.0. The number of halogens is 4. The predicted octanol–water partition coefficient (Wildman–Crippen LogP) is 2.91. The van der Waals surface area contributed by atoms with Gasteiger partial charge >= 0.3 is 17.3 Å². The number of nitro groups is 1. The maximum absolute atomic E-state index is 13.0. The molecule has 0 saturated carbocycles. The quantitative estimate of drug-likeness (QED) is 0.369. The number of nitrogens with zero attached hydrogens (tertiary/aromatic N) is 7. The molecule has 0 amide bonds. The Morgan fingerprint density at radius 1 is 1.24 bits per heavy atom. The number of rotatable bonds is 8. The molecule has 0 aliphatic carbocycles. The van der Waals surface area contributed by atoms with Crippen molar-refractivity contribution in [2.75, 3.05) is 18.1 Å². The molecule has 0 saturated heterocycles. The number of alkyl halides is 3. The molecule has 4 rings (SSSR count). The first-order chi connectivity index (χ1) is 16.1. The summed E-state index contributed by atoms with van der Waals surface area (Å²) >= 11 is 5.85. The first-order valence-electron chi connectivity index (χ1n) is 10.1. The van der Waals surface area contributed by atoms with Crippen LogP contribution in [0.3, 0.4) is 0 Å². The summed E-state index contributed by atoms with van der Waals surface area (Å²) in [4.78, 5) is 15.6. The van der Waals surface area contributed by atoms with Gasteiger partial charge in [-0.1, -0.05) is 0 Å². The Labute approximate surface area is 195 Å². The number of aromatic nitrogens is 5. The lowest BCUT2D eigenvalue weighted by atomic mass is 10.2. The summed E-state index contributed by atoms with van der Waals surface area (Å²) in [6.07, 6.45) is -3.96. The van der Waals surface area contributed by atoms with Crippen LogP contribution in [-0.2, 0) is 25.8 Å². The Balaban J connectivity index is 1.28. The van der Waals surface area contributed by atoms with E-state index in [9.17, 15) is 28.4 Å². The third-order valence-electron chi connectivity index (χ3n) is 5.26. The highest BCUT2D eigenvalue weighted by molar-refractivity contribution is 6.28. The van der Waals surface area contributed by atoms with Crippen molar-refractivity contribution in [3.63, 3.8) is 0 Å². The van der Waals surface area contributed by atoms with E-state index in [4.69, 9.17) is 16.3 Å². The number of aliphatic hydroxyl groups is 1. The van der Waals surface area contributed by atoms with Crippen molar-refractivity contribution in [2.45, 2.75) is 38.3 Å². The fourth-order valence-corrected chi connectivity index (χ4v) is 3.75. The lowest BCUT2D eigenvalue weighted by Gasteiger charge is -2.30. The second-order valence-electron chi connectivity index (χ2n) is 7.58. The largest absolute Gasteiger partial charge is 0.491 e. The summed E-state index contributed by atoms with van der Waals surface area (Å²) in [5, 5.41) is 27.8. The van der Waals surface area contributed by atoms with Gasteiger partial charge in [0.25, 0.3) is 0 Å². The van der Waals surface area contributed by atoms with E-state index in [1.54, 1.807) is 24.3 Å². The Bertz CT molecular complexity index is 1170. The minimum atomic E-state index is -4.54. The molecule has 1 N–H and O–H groups in total. The van der Waals surface area contributed by atoms with E-state index in [2.05, 4.69) is 15.2 Å². The molecule has 11 nitrogen and oxygen atoms in total. The number of ether oxygens (including phenoxy) is 1. The summed E-state index contributed by atoms with van der Waals surface area (Å²) in [5.41, 5.74) is 0.784. The molecule has 1 unspecified atom stereocenters. The third kappa shape index (κ3) is 5.22. The van der Waals surface area contributed by atoms with Gasteiger partial charge in [0.15, 0.2) is 5.82 Å². The fourth-order valence-electron chi connectivity index (χ4n) is 3.53. The van der Waals surface area contributed by atoms with Gasteiger partial charge in [-0.25, -0.2) is 0 Å². The van der Waals surface area contributed by atoms with E-state index < -0.39 is 23.0 Å². The highest BCUT2D eigenvalue weighted by Gasteiger charge is 2.39. The van der Waals surface area contributed by atoms with Crippen molar-refractivity contribution in [2.24, 2.45) is 0 Å². The van der Waals surface area contributed by atoms with Crippen LogP contribution in [0, 0.1) is 10.1 Å².